The number of ether oxygens (including phenoxy) is 1. The second-order valence-corrected chi connectivity index (χ2v) is 7.48. The highest BCUT2D eigenvalue weighted by atomic mass is 35.5. The number of nitrogens with zero attached hydrogens (tertiary/aromatic N) is 2. The van der Waals surface area contributed by atoms with Gasteiger partial charge < -0.3 is 10.1 Å². The Kier molecular flexibility index (Phi) is 8.17. The number of anilines is 1. The van der Waals surface area contributed by atoms with Crippen LogP contribution >= 0.6 is 11.6 Å². The first-order valence-corrected chi connectivity index (χ1v) is 10.4. The third-order valence-electron chi connectivity index (χ3n) is 4.61. The average Bonchev–Trinajstić information content (AvgIpc) is 2.81. The van der Waals surface area contributed by atoms with Crippen molar-refractivity contribution in [3.8, 4) is 11.8 Å². The Labute approximate surface area is 196 Å². The van der Waals surface area contributed by atoms with Gasteiger partial charge in [-0.2, -0.15) is 10.4 Å². The minimum absolute atomic E-state index is 0.212. The number of hydrogen-bond acceptors (Lipinski definition) is 5. The summed E-state index contributed by atoms with van der Waals surface area (Å²) in [5.41, 5.74) is 5.67. The number of benzene rings is 3. The van der Waals surface area contributed by atoms with Crippen molar-refractivity contribution in [3.05, 3.63) is 94.0 Å². The Hall–Kier alpha value is -4.15. The molecule has 2 amide bonds. The van der Waals surface area contributed by atoms with E-state index in [0.29, 0.717) is 27.6 Å². The largest absolute Gasteiger partial charge is 0.488 e. The van der Waals surface area contributed by atoms with Crippen LogP contribution in [0.5, 0.6) is 5.75 Å². The molecule has 0 aliphatic carbocycles. The predicted octanol–water partition coefficient (Wildman–Crippen LogP) is 4.58. The van der Waals surface area contributed by atoms with Crippen LogP contribution in [0, 0.1) is 18.3 Å². The molecule has 33 heavy (non-hydrogen) atoms. The van der Waals surface area contributed by atoms with E-state index in [1.54, 1.807) is 48.5 Å². The van der Waals surface area contributed by atoms with E-state index in [9.17, 15) is 14.9 Å². The summed E-state index contributed by atoms with van der Waals surface area (Å²) in [7, 11) is 0. The standard InChI is InChI=1S/C25H21ClN4O3/c1-17-10-11-21(12-22(17)26)29-24(31)13-25(32)30-28-15-19-7-4-5-9-23(19)33-16-20-8-3-2-6-18(20)14-27/h2-12,15H,13,16H2,1H3,(H,29,31)(H,30,32). The van der Waals surface area contributed by atoms with Gasteiger partial charge in [-0.15, -0.1) is 0 Å². The fourth-order valence-electron chi connectivity index (χ4n) is 2.86. The topological polar surface area (TPSA) is 104 Å². The third kappa shape index (κ3) is 6.92. The summed E-state index contributed by atoms with van der Waals surface area (Å²) >= 11 is 6.04. The normalized spacial score (nSPS) is 10.5. The number of hydrazone groups is 1. The first kappa shape index (κ1) is 23.5. The van der Waals surface area contributed by atoms with Crippen molar-refractivity contribution < 1.29 is 14.3 Å². The van der Waals surface area contributed by atoms with Crippen LogP contribution in [0.1, 0.15) is 28.7 Å². The van der Waals surface area contributed by atoms with Crippen molar-refractivity contribution in [1.29, 1.82) is 5.26 Å². The quantitative estimate of drug-likeness (QED) is 0.291. The van der Waals surface area contributed by atoms with Gasteiger partial charge in [0.25, 0.3) is 0 Å². The summed E-state index contributed by atoms with van der Waals surface area (Å²) in [6.45, 7) is 2.07. The lowest BCUT2D eigenvalue weighted by molar-refractivity contribution is -0.126. The van der Waals surface area contributed by atoms with Gasteiger partial charge in [-0.05, 0) is 42.8 Å². The van der Waals surface area contributed by atoms with Gasteiger partial charge in [0.2, 0.25) is 11.8 Å². The van der Waals surface area contributed by atoms with E-state index >= 15 is 0 Å². The molecule has 8 heteroatoms. The maximum absolute atomic E-state index is 12.1. The van der Waals surface area contributed by atoms with Gasteiger partial charge in [0.1, 0.15) is 18.8 Å². The van der Waals surface area contributed by atoms with Crippen LogP contribution in [0.25, 0.3) is 0 Å². The minimum Gasteiger partial charge on any atom is -0.488 e. The van der Waals surface area contributed by atoms with Gasteiger partial charge >= 0.3 is 0 Å². The number of nitrogens with one attached hydrogen (secondary N) is 2. The highest BCUT2D eigenvalue weighted by Gasteiger charge is 2.10. The Bertz CT molecular complexity index is 1230. The molecule has 3 aromatic rings. The second kappa shape index (κ2) is 11.5. The number of rotatable bonds is 8. The lowest BCUT2D eigenvalue weighted by atomic mass is 10.1. The zero-order valence-electron chi connectivity index (χ0n) is 17.8. The van der Waals surface area contributed by atoms with Crippen LogP contribution in [-0.4, -0.2) is 18.0 Å². The molecule has 0 spiro atoms. The lowest BCUT2D eigenvalue weighted by Gasteiger charge is -2.10. The van der Waals surface area contributed by atoms with Crippen LogP contribution in [0.2, 0.25) is 5.02 Å². The number of carbonyl (C=O) groups is 2. The van der Waals surface area contributed by atoms with Crippen molar-refractivity contribution in [3.63, 3.8) is 0 Å². The molecule has 0 saturated heterocycles. The molecular weight excluding hydrogens is 440 g/mol. The number of amides is 2. The van der Waals surface area contributed by atoms with Crippen LogP contribution in [0.15, 0.2) is 71.8 Å². The maximum Gasteiger partial charge on any atom is 0.249 e. The Balaban J connectivity index is 1.54. The molecule has 0 fully saturated rings. The second-order valence-electron chi connectivity index (χ2n) is 7.08. The zero-order valence-corrected chi connectivity index (χ0v) is 18.6. The monoisotopic (exact) mass is 460 g/mol. The zero-order chi connectivity index (χ0) is 23.6. The summed E-state index contributed by atoms with van der Waals surface area (Å²) < 4.78 is 5.84. The fraction of sp³-hybridized carbons (Fsp3) is 0.120. The number of para-hydroxylation sites is 1. The molecule has 0 saturated carbocycles. The first-order valence-electron chi connectivity index (χ1n) is 10.0. The van der Waals surface area contributed by atoms with Crippen LogP contribution in [0.4, 0.5) is 5.69 Å². The number of nitriles is 1. The molecule has 7 nitrogen and oxygen atoms in total. The van der Waals surface area contributed by atoms with Crippen molar-refractivity contribution in [2.45, 2.75) is 20.0 Å². The number of hydrogen-bond donors (Lipinski definition) is 2. The van der Waals surface area contributed by atoms with E-state index in [1.807, 2.05) is 25.1 Å². The molecule has 0 aromatic heterocycles. The molecule has 0 radical (unpaired) electrons. The highest BCUT2D eigenvalue weighted by Crippen LogP contribution is 2.20. The Morgan fingerprint density at radius 2 is 1.85 bits per heavy atom. The molecule has 0 aliphatic rings. The van der Waals surface area contributed by atoms with Crippen molar-refractivity contribution in [2.75, 3.05) is 5.32 Å². The lowest BCUT2D eigenvalue weighted by Crippen LogP contribution is -2.24. The summed E-state index contributed by atoms with van der Waals surface area (Å²) in [5, 5.41) is 16.3. The van der Waals surface area contributed by atoms with Crippen LogP contribution in [-0.2, 0) is 16.2 Å². The fourth-order valence-corrected chi connectivity index (χ4v) is 3.04. The smallest absolute Gasteiger partial charge is 0.249 e. The minimum atomic E-state index is -0.566. The molecule has 0 heterocycles. The molecule has 0 bridgehead atoms. The molecule has 0 atom stereocenters. The van der Waals surface area contributed by atoms with Crippen LogP contribution < -0.4 is 15.5 Å². The number of halogens is 1. The van der Waals surface area contributed by atoms with Crippen molar-refractivity contribution in [1.82, 2.24) is 5.43 Å². The van der Waals surface area contributed by atoms with Crippen molar-refractivity contribution >= 4 is 35.3 Å². The van der Waals surface area contributed by atoms with E-state index in [4.69, 9.17) is 16.3 Å². The van der Waals surface area contributed by atoms with E-state index in [0.717, 1.165) is 11.1 Å². The number of carbonyl (C=O) groups excluding carboxylic acids is 2. The molecule has 166 valence electrons. The molecule has 2 N–H and O–H groups in total. The highest BCUT2D eigenvalue weighted by molar-refractivity contribution is 6.31. The SMILES string of the molecule is Cc1ccc(NC(=O)CC(=O)NN=Cc2ccccc2OCc2ccccc2C#N)cc1Cl. The number of aryl methyl sites for hydroxylation is 1. The molecule has 0 aliphatic heterocycles. The first-order chi connectivity index (χ1) is 16.0. The maximum atomic E-state index is 12.1. The van der Waals surface area contributed by atoms with Gasteiger partial charge in [0.15, 0.2) is 0 Å². The van der Waals surface area contributed by atoms with Gasteiger partial charge in [-0.3, -0.25) is 9.59 Å². The van der Waals surface area contributed by atoms with Crippen molar-refractivity contribution in [2.24, 2.45) is 5.10 Å². The van der Waals surface area contributed by atoms with Gasteiger partial charge in [0, 0.05) is 21.8 Å². The summed E-state index contributed by atoms with van der Waals surface area (Å²) in [6.07, 6.45) is 1.03. The van der Waals surface area contributed by atoms with E-state index in [1.165, 1.54) is 6.21 Å². The van der Waals surface area contributed by atoms with E-state index in [-0.39, 0.29) is 6.61 Å². The Morgan fingerprint density at radius 3 is 2.64 bits per heavy atom. The van der Waals surface area contributed by atoms with E-state index < -0.39 is 18.2 Å². The Morgan fingerprint density at radius 1 is 1.09 bits per heavy atom. The predicted molar refractivity (Wildman–Crippen MR) is 127 cm³/mol. The van der Waals surface area contributed by atoms with Gasteiger partial charge in [-0.1, -0.05) is 48.0 Å². The van der Waals surface area contributed by atoms with Gasteiger partial charge in [-0.25, -0.2) is 5.43 Å². The molecule has 3 aromatic carbocycles. The van der Waals surface area contributed by atoms with Gasteiger partial charge in [0.05, 0.1) is 17.8 Å². The third-order valence-corrected chi connectivity index (χ3v) is 5.02. The molecule has 3 rings (SSSR count). The summed E-state index contributed by atoms with van der Waals surface area (Å²) in [5.74, 6) is -0.511. The molecular formula is C25H21ClN4O3. The van der Waals surface area contributed by atoms with Crippen LogP contribution in [0.3, 0.4) is 0 Å². The average molecular weight is 461 g/mol. The van der Waals surface area contributed by atoms with E-state index in [2.05, 4.69) is 21.9 Å². The summed E-state index contributed by atoms with van der Waals surface area (Å²) in [6, 6.07) is 21.6. The summed E-state index contributed by atoms with van der Waals surface area (Å²) in [4.78, 5) is 24.1. The molecule has 0 unspecified atom stereocenters.